The summed E-state index contributed by atoms with van der Waals surface area (Å²) in [7, 11) is 0. The molecule has 146 valence electrons. The van der Waals surface area contributed by atoms with E-state index >= 15 is 0 Å². The van der Waals surface area contributed by atoms with Crippen molar-refractivity contribution >= 4 is 16.7 Å². The molecule has 2 unspecified atom stereocenters. The molecule has 2 aliphatic rings. The van der Waals surface area contributed by atoms with Gasteiger partial charge in [-0.2, -0.15) is 0 Å². The number of carbonyl (C=O) groups excluding carboxylic acids is 1. The number of likely N-dealkylation sites (tertiary alicyclic amines) is 1. The van der Waals surface area contributed by atoms with Crippen molar-refractivity contribution < 1.29 is 26.7 Å². The van der Waals surface area contributed by atoms with Crippen LogP contribution < -0.4 is 17.1 Å². The fraction of sp³-hybridized carbons (Fsp3) is 0.500. The van der Waals surface area contributed by atoms with E-state index in [0.717, 1.165) is 48.9 Å². The van der Waals surface area contributed by atoms with Crippen LogP contribution in [0.2, 0.25) is 0 Å². The van der Waals surface area contributed by atoms with Gasteiger partial charge in [0.15, 0.2) is 6.61 Å². The molecule has 0 spiro atoms. The minimum absolute atomic E-state index is 0. The first-order valence-electron chi connectivity index (χ1n) is 9.85. The third-order valence-electron chi connectivity index (χ3n) is 5.66. The first-order chi connectivity index (χ1) is 12.8. The molecule has 27 heavy (non-hydrogen) atoms. The second kappa shape index (κ2) is 9.43. The van der Waals surface area contributed by atoms with Crippen LogP contribution in [0, 0.1) is 0 Å². The lowest BCUT2D eigenvalue weighted by Crippen LogP contribution is -3.00. The third-order valence-corrected chi connectivity index (χ3v) is 5.66. The van der Waals surface area contributed by atoms with E-state index in [4.69, 9.17) is 9.47 Å². The molecule has 1 heterocycles. The molecule has 0 N–H and O–H groups in total. The van der Waals surface area contributed by atoms with Crippen LogP contribution in [-0.4, -0.2) is 42.7 Å². The summed E-state index contributed by atoms with van der Waals surface area (Å²) in [5, 5.41) is 2.13. The van der Waals surface area contributed by atoms with Crippen molar-refractivity contribution in [3.63, 3.8) is 0 Å². The Balaban J connectivity index is 0.00000210. The fourth-order valence-corrected chi connectivity index (χ4v) is 4.37. The Morgan fingerprint density at radius 1 is 0.963 bits per heavy atom. The summed E-state index contributed by atoms with van der Waals surface area (Å²) in [6, 6.07) is 14.3. The van der Waals surface area contributed by atoms with Crippen LogP contribution in [0.15, 0.2) is 42.5 Å². The smallest absolute Gasteiger partial charge is 0.344 e. The first-order valence-corrected chi connectivity index (χ1v) is 9.85. The highest BCUT2D eigenvalue weighted by Gasteiger charge is 2.34. The zero-order chi connectivity index (χ0) is 17.8. The van der Waals surface area contributed by atoms with Gasteiger partial charge in [0.05, 0.1) is 0 Å². The molecule has 0 aromatic heterocycles. The van der Waals surface area contributed by atoms with Crippen LogP contribution in [0.3, 0.4) is 0 Å². The van der Waals surface area contributed by atoms with Gasteiger partial charge >= 0.3 is 5.97 Å². The number of benzene rings is 2. The average Bonchev–Trinajstić information content (AvgIpc) is 3.21. The maximum atomic E-state index is 12.4. The van der Waals surface area contributed by atoms with Crippen LogP contribution in [0.4, 0.5) is 0 Å². The number of ether oxygens (including phenoxy) is 2. The first kappa shape index (κ1) is 20.0. The third kappa shape index (κ3) is 4.74. The maximum Gasteiger partial charge on any atom is 0.344 e. The van der Waals surface area contributed by atoms with Crippen LogP contribution in [0.5, 0.6) is 5.75 Å². The summed E-state index contributed by atoms with van der Waals surface area (Å²) in [6.45, 7) is 2.26. The Bertz CT molecular complexity index is 755. The van der Waals surface area contributed by atoms with Crippen LogP contribution in [-0.2, 0) is 9.53 Å². The lowest BCUT2D eigenvalue weighted by Gasteiger charge is -2.37. The molecule has 2 atom stereocenters. The standard InChI is InChI=1S/C22H27NO3.ClH/c24-22(16-25-20-13-7-9-17-8-1-2-10-18(17)20)26-21-12-4-3-11-19(21)23-14-5-6-15-23;/h1-2,7-10,13,19,21H,3-6,11-12,14-16H2;1H/p-1. The Morgan fingerprint density at radius 2 is 1.70 bits per heavy atom. The molecule has 1 saturated carbocycles. The predicted molar refractivity (Wildman–Crippen MR) is 102 cm³/mol. The predicted octanol–water partition coefficient (Wildman–Crippen LogP) is 1.17. The number of hydrogen-bond donors (Lipinski definition) is 0. The molecule has 2 aromatic carbocycles. The summed E-state index contributed by atoms with van der Waals surface area (Å²) in [5.41, 5.74) is 0. The molecular weight excluding hydrogens is 362 g/mol. The van der Waals surface area contributed by atoms with Gasteiger partial charge in [-0.3, -0.25) is 4.90 Å². The number of nitrogens with zero attached hydrogens (tertiary/aromatic N) is 1. The number of carbonyl (C=O) groups is 1. The lowest BCUT2D eigenvalue weighted by atomic mass is 9.91. The highest BCUT2D eigenvalue weighted by molar-refractivity contribution is 5.88. The van der Waals surface area contributed by atoms with Crippen molar-refractivity contribution in [1.29, 1.82) is 0 Å². The topological polar surface area (TPSA) is 38.8 Å². The molecule has 2 fully saturated rings. The maximum absolute atomic E-state index is 12.4. The van der Waals surface area contributed by atoms with Gasteiger partial charge in [-0.25, -0.2) is 4.79 Å². The number of halogens is 1. The minimum Gasteiger partial charge on any atom is -1.00 e. The normalized spacial score (nSPS) is 23.0. The Labute approximate surface area is 167 Å². The molecule has 4 nitrogen and oxygen atoms in total. The Kier molecular flexibility index (Phi) is 6.97. The summed E-state index contributed by atoms with van der Waals surface area (Å²) < 4.78 is 11.6. The van der Waals surface area contributed by atoms with E-state index in [0.29, 0.717) is 6.04 Å². The van der Waals surface area contributed by atoms with Gasteiger partial charge in [-0.05, 0) is 56.6 Å². The summed E-state index contributed by atoms with van der Waals surface area (Å²) in [4.78, 5) is 14.9. The molecule has 1 aliphatic carbocycles. The Hall–Kier alpha value is -1.78. The van der Waals surface area contributed by atoms with Crippen molar-refractivity contribution in [2.75, 3.05) is 19.7 Å². The van der Waals surface area contributed by atoms with E-state index in [2.05, 4.69) is 4.90 Å². The molecule has 5 heteroatoms. The zero-order valence-corrected chi connectivity index (χ0v) is 16.4. The van der Waals surface area contributed by atoms with E-state index in [1.165, 1.54) is 19.3 Å². The van der Waals surface area contributed by atoms with E-state index in [-0.39, 0.29) is 31.1 Å². The number of esters is 1. The van der Waals surface area contributed by atoms with Gasteiger partial charge in [0.2, 0.25) is 0 Å². The van der Waals surface area contributed by atoms with E-state index in [1.54, 1.807) is 0 Å². The van der Waals surface area contributed by atoms with Crippen molar-refractivity contribution in [1.82, 2.24) is 4.90 Å². The highest BCUT2D eigenvalue weighted by atomic mass is 35.5. The van der Waals surface area contributed by atoms with Crippen LogP contribution >= 0.6 is 0 Å². The van der Waals surface area contributed by atoms with Gasteiger partial charge < -0.3 is 21.9 Å². The van der Waals surface area contributed by atoms with Crippen molar-refractivity contribution in [3.05, 3.63) is 42.5 Å². The van der Waals surface area contributed by atoms with Gasteiger partial charge in [0, 0.05) is 11.4 Å². The summed E-state index contributed by atoms with van der Waals surface area (Å²) in [6.07, 6.45) is 7.05. The van der Waals surface area contributed by atoms with Gasteiger partial charge in [-0.15, -0.1) is 0 Å². The minimum atomic E-state index is -0.256. The van der Waals surface area contributed by atoms with Gasteiger partial charge in [0.1, 0.15) is 11.9 Å². The van der Waals surface area contributed by atoms with Gasteiger partial charge in [-0.1, -0.05) is 42.8 Å². The number of fused-ring (bicyclic) bond motifs is 1. The Morgan fingerprint density at radius 3 is 2.56 bits per heavy atom. The van der Waals surface area contributed by atoms with Crippen molar-refractivity contribution in [2.24, 2.45) is 0 Å². The SMILES string of the molecule is O=C(COc1cccc2ccccc12)OC1CCCCC1N1CCCC1.[Cl-]. The quantitative estimate of drug-likeness (QED) is 0.721. The largest absolute Gasteiger partial charge is 1.00 e. The van der Waals surface area contributed by atoms with Gasteiger partial charge in [0.25, 0.3) is 0 Å². The fourth-order valence-electron chi connectivity index (χ4n) is 4.37. The molecule has 0 amide bonds. The lowest BCUT2D eigenvalue weighted by molar-refractivity contribution is -0.156. The van der Waals surface area contributed by atoms with Crippen LogP contribution in [0.25, 0.3) is 10.8 Å². The van der Waals surface area contributed by atoms with Crippen molar-refractivity contribution in [3.8, 4) is 5.75 Å². The van der Waals surface area contributed by atoms with Crippen LogP contribution in [0.1, 0.15) is 38.5 Å². The average molecular weight is 389 g/mol. The molecule has 1 aliphatic heterocycles. The highest BCUT2D eigenvalue weighted by Crippen LogP contribution is 2.29. The second-order valence-corrected chi connectivity index (χ2v) is 7.39. The number of rotatable bonds is 5. The van der Waals surface area contributed by atoms with E-state index in [9.17, 15) is 4.79 Å². The van der Waals surface area contributed by atoms with E-state index in [1.807, 2.05) is 42.5 Å². The summed E-state index contributed by atoms with van der Waals surface area (Å²) in [5.74, 6) is 0.480. The second-order valence-electron chi connectivity index (χ2n) is 7.39. The molecule has 1 saturated heterocycles. The zero-order valence-electron chi connectivity index (χ0n) is 15.6. The molecule has 0 bridgehead atoms. The van der Waals surface area contributed by atoms with Crippen molar-refractivity contribution in [2.45, 2.75) is 50.7 Å². The molecule has 0 radical (unpaired) electrons. The summed E-state index contributed by atoms with van der Waals surface area (Å²) >= 11 is 0. The van der Waals surface area contributed by atoms with E-state index < -0.39 is 0 Å². The molecule has 2 aromatic rings. The monoisotopic (exact) mass is 388 g/mol. The molecular formula is C22H27ClNO3-. The number of hydrogen-bond acceptors (Lipinski definition) is 4. The molecule has 4 rings (SSSR count).